The molecule has 0 aliphatic heterocycles. The third-order valence-corrected chi connectivity index (χ3v) is 4.10. The Bertz CT molecular complexity index is 617. The highest BCUT2D eigenvalue weighted by molar-refractivity contribution is 7.99. The summed E-state index contributed by atoms with van der Waals surface area (Å²) in [6, 6.07) is 18.7. The van der Waals surface area contributed by atoms with E-state index in [-0.39, 0.29) is 12.5 Å². The number of rotatable bonds is 8. The van der Waals surface area contributed by atoms with Gasteiger partial charge in [0.2, 0.25) is 0 Å². The van der Waals surface area contributed by atoms with Crippen LogP contribution in [0.5, 0.6) is 0 Å². The molecule has 2 rings (SSSR count). The molecule has 23 heavy (non-hydrogen) atoms. The van der Waals surface area contributed by atoms with Crippen molar-refractivity contribution < 1.29 is 14.3 Å². The number of benzene rings is 2. The van der Waals surface area contributed by atoms with Gasteiger partial charge in [-0.25, -0.2) is 4.79 Å². The summed E-state index contributed by atoms with van der Waals surface area (Å²) in [5.74, 6) is 0.160. The SMILES string of the molecule is O=C(COC(=O)c1ccccc1)NCCCSc1ccccc1. The number of hydrogen-bond donors (Lipinski definition) is 1. The molecule has 0 radical (unpaired) electrons. The number of carbonyl (C=O) groups excluding carboxylic acids is 2. The summed E-state index contributed by atoms with van der Waals surface area (Å²) in [4.78, 5) is 24.5. The highest BCUT2D eigenvalue weighted by Gasteiger charge is 2.08. The molecule has 0 aromatic heterocycles. The van der Waals surface area contributed by atoms with Gasteiger partial charge in [-0.3, -0.25) is 4.79 Å². The normalized spacial score (nSPS) is 10.1. The van der Waals surface area contributed by atoms with E-state index in [0.29, 0.717) is 12.1 Å². The lowest BCUT2D eigenvalue weighted by molar-refractivity contribution is -0.124. The Morgan fingerprint density at radius 2 is 1.61 bits per heavy atom. The minimum absolute atomic E-state index is 0.250. The Morgan fingerprint density at radius 3 is 2.30 bits per heavy atom. The Labute approximate surface area is 140 Å². The first-order valence-electron chi connectivity index (χ1n) is 7.42. The first-order chi connectivity index (χ1) is 11.3. The standard InChI is InChI=1S/C18H19NO3S/c20-17(14-22-18(21)15-8-3-1-4-9-15)19-12-7-13-23-16-10-5-2-6-11-16/h1-6,8-11H,7,12-14H2,(H,19,20). The molecule has 0 saturated carbocycles. The van der Waals surface area contributed by atoms with Gasteiger partial charge in [-0.2, -0.15) is 0 Å². The van der Waals surface area contributed by atoms with Crippen LogP contribution in [0.4, 0.5) is 0 Å². The van der Waals surface area contributed by atoms with E-state index in [0.717, 1.165) is 12.2 Å². The Balaban J connectivity index is 1.56. The highest BCUT2D eigenvalue weighted by Crippen LogP contribution is 2.17. The van der Waals surface area contributed by atoms with Crippen molar-refractivity contribution in [3.63, 3.8) is 0 Å². The Hall–Kier alpha value is -2.27. The average molecular weight is 329 g/mol. The smallest absolute Gasteiger partial charge is 0.338 e. The number of carbonyl (C=O) groups is 2. The van der Waals surface area contributed by atoms with E-state index in [1.54, 1.807) is 36.0 Å². The van der Waals surface area contributed by atoms with Crippen molar-refractivity contribution in [1.29, 1.82) is 0 Å². The zero-order valence-electron chi connectivity index (χ0n) is 12.7. The molecule has 0 aliphatic carbocycles. The fraction of sp³-hybridized carbons (Fsp3) is 0.222. The number of hydrogen-bond acceptors (Lipinski definition) is 4. The summed E-state index contributed by atoms with van der Waals surface area (Å²) in [5.41, 5.74) is 0.444. The Morgan fingerprint density at radius 1 is 0.957 bits per heavy atom. The second-order valence-electron chi connectivity index (χ2n) is 4.81. The van der Waals surface area contributed by atoms with Crippen molar-refractivity contribution in [3.05, 3.63) is 66.2 Å². The zero-order chi connectivity index (χ0) is 16.3. The second-order valence-corrected chi connectivity index (χ2v) is 5.98. The van der Waals surface area contributed by atoms with Gasteiger partial charge in [-0.05, 0) is 36.4 Å². The molecule has 0 fully saturated rings. The highest BCUT2D eigenvalue weighted by atomic mass is 32.2. The molecule has 5 heteroatoms. The van der Waals surface area contributed by atoms with Gasteiger partial charge in [0.1, 0.15) is 0 Å². The molecule has 0 heterocycles. The summed E-state index contributed by atoms with van der Waals surface area (Å²) >= 11 is 1.75. The minimum Gasteiger partial charge on any atom is -0.452 e. The second kappa shape index (κ2) is 9.69. The van der Waals surface area contributed by atoms with Crippen LogP contribution in [0.3, 0.4) is 0 Å². The molecule has 1 N–H and O–H groups in total. The van der Waals surface area contributed by atoms with E-state index in [1.807, 2.05) is 24.3 Å². The molecule has 120 valence electrons. The van der Waals surface area contributed by atoms with Gasteiger partial charge in [-0.1, -0.05) is 36.4 Å². The monoisotopic (exact) mass is 329 g/mol. The molecule has 2 aromatic carbocycles. The van der Waals surface area contributed by atoms with E-state index < -0.39 is 5.97 Å². The number of thioether (sulfide) groups is 1. The maximum Gasteiger partial charge on any atom is 0.338 e. The van der Waals surface area contributed by atoms with E-state index in [1.165, 1.54) is 4.90 Å². The molecule has 0 bridgehead atoms. The minimum atomic E-state index is -0.486. The predicted molar refractivity (Wildman–Crippen MR) is 91.5 cm³/mol. The number of ether oxygens (including phenoxy) is 1. The number of amides is 1. The van der Waals surface area contributed by atoms with Crippen molar-refractivity contribution in [2.45, 2.75) is 11.3 Å². The first kappa shape index (κ1) is 17.1. The maximum atomic E-state index is 11.7. The van der Waals surface area contributed by atoms with Crippen LogP contribution in [0.2, 0.25) is 0 Å². The molecule has 0 aliphatic rings. The third kappa shape index (κ3) is 6.57. The molecular formula is C18H19NO3S. The van der Waals surface area contributed by atoms with Crippen LogP contribution in [0.1, 0.15) is 16.8 Å². The number of esters is 1. The third-order valence-electron chi connectivity index (χ3n) is 3.00. The lowest BCUT2D eigenvalue weighted by Crippen LogP contribution is -2.29. The fourth-order valence-electron chi connectivity index (χ4n) is 1.85. The first-order valence-corrected chi connectivity index (χ1v) is 8.41. The van der Waals surface area contributed by atoms with Crippen LogP contribution >= 0.6 is 11.8 Å². The van der Waals surface area contributed by atoms with Crippen LogP contribution in [0, 0.1) is 0 Å². The van der Waals surface area contributed by atoms with E-state index in [4.69, 9.17) is 4.74 Å². The van der Waals surface area contributed by atoms with Crippen molar-refractivity contribution in [1.82, 2.24) is 5.32 Å². The lowest BCUT2D eigenvalue weighted by atomic mass is 10.2. The van der Waals surface area contributed by atoms with Gasteiger partial charge in [0.05, 0.1) is 5.56 Å². The molecule has 0 spiro atoms. The maximum absolute atomic E-state index is 11.7. The summed E-state index contributed by atoms with van der Waals surface area (Å²) in [6.07, 6.45) is 0.859. The van der Waals surface area contributed by atoms with Crippen LogP contribution in [-0.2, 0) is 9.53 Å². The molecule has 1 amide bonds. The van der Waals surface area contributed by atoms with Crippen molar-refractivity contribution in [3.8, 4) is 0 Å². The van der Waals surface area contributed by atoms with Crippen LogP contribution in [0.15, 0.2) is 65.6 Å². The van der Waals surface area contributed by atoms with Gasteiger partial charge in [-0.15, -0.1) is 11.8 Å². The average Bonchev–Trinajstić information content (AvgIpc) is 2.61. The Kier molecular flexibility index (Phi) is 7.20. The van der Waals surface area contributed by atoms with Crippen molar-refractivity contribution in [2.75, 3.05) is 18.9 Å². The summed E-state index contributed by atoms with van der Waals surface area (Å²) in [7, 11) is 0. The van der Waals surface area contributed by atoms with Gasteiger partial charge in [0, 0.05) is 11.4 Å². The molecule has 4 nitrogen and oxygen atoms in total. The van der Waals surface area contributed by atoms with Crippen LogP contribution < -0.4 is 5.32 Å². The molecular weight excluding hydrogens is 310 g/mol. The topological polar surface area (TPSA) is 55.4 Å². The molecule has 2 aromatic rings. The van der Waals surface area contributed by atoms with Crippen molar-refractivity contribution >= 4 is 23.6 Å². The van der Waals surface area contributed by atoms with E-state index in [9.17, 15) is 9.59 Å². The predicted octanol–water partition coefficient (Wildman–Crippen LogP) is 3.14. The lowest BCUT2D eigenvalue weighted by Gasteiger charge is -2.06. The van der Waals surface area contributed by atoms with Gasteiger partial charge in [0.25, 0.3) is 5.91 Å². The van der Waals surface area contributed by atoms with Gasteiger partial charge >= 0.3 is 5.97 Å². The van der Waals surface area contributed by atoms with Crippen LogP contribution in [0.25, 0.3) is 0 Å². The summed E-state index contributed by atoms with van der Waals surface area (Å²) in [6.45, 7) is 0.321. The molecule has 0 saturated heterocycles. The molecule has 0 unspecified atom stereocenters. The van der Waals surface area contributed by atoms with Gasteiger partial charge in [0.15, 0.2) is 6.61 Å². The fourth-order valence-corrected chi connectivity index (χ4v) is 2.72. The van der Waals surface area contributed by atoms with E-state index >= 15 is 0 Å². The van der Waals surface area contributed by atoms with E-state index in [2.05, 4.69) is 17.4 Å². The largest absolute Gasteiger partial charge is 0.452 e. The zero-order valence-corrected chi connectivity index (χ0v) is 13.6. The van der Waals surface area contributed by atoms with Gasteiger partial charge < -0.3 is 10.1 Å². The molecule has 0 atom stereocenters. The summed E-state index contributed by atoms with van der Waals surface area (Å²) < 4.78 is 4.96. The quantitative estimate of drug-likeness (QED) is 0.459. The van der Waals surface area contributed by atoms with Crippen molar-refractivity contribution in [2.24, 2.45) is 0 Å². The number of nitrogens with one attached hydrogen (secondary N) is 1. The van der Waals surface area contributed by atoms with Crippen LogP contribution in [-0.4, -0.2) is 30.8 Å². The summed E-state index contributed by atoms with van der Waals surface area (Å²) in [5, 5.41) is 2.75.